The van der Waals surface area contributed by atoms with E-state index < -0.39 is 23.6 Å². The fourth-order valence-electron chi connectivity index (χ4n) is 7.05. The number of ether oxygens (including phenoxy) is 2. The number of allylic oxidation sites excluding steroid dienone is 3. The van der Waals surface area contributed by atoms with Crippen LogP contribution in [-0.2, 0) is 32.7 Å². The van der Waals surface area contributed by atoms with Crippen LogP contribution in [0.4, 0.5) is 17.6 Å². The molecule has 8 N–H and O–H groups in total. The van der Waals surface area contributed by atoms with Gasteiger partial charge in [-0.05, 0) is 70.2 Å². The summed E-state index contributed by atoms with van der Waals surface area (Å²) in [6.07, 6.45) is 10.6. The molecule has 0 aliphatic rings. The van der Waals surface area contributed by atoms with E-state index in [0.29, 0.717) is 75.9 Å². The molecule has 7 aromatic rings. The van der Waals surface area contributed by atoms with Crippen LogP contribution in [0.3, 0.4) is 0 Å². The first-order chi connectivity index (χ1) is 31.3. The Balaban J connectivity index is 0.00000345. The molecule has 0 aliphatic carbocycles. The highest BCUT2D eigenvalue weighted by molar-refractivity contribution is 6.05. The summed E-state index contributed by atoms with van der Waals surface area (Å²) in [5, 5.41) is 18.8. The highest BCUT2D eigenvalue weighted by Gasteiger charge is 2.23. The van der Waals surface area contributed by atoms with Crippen LogP contribution in [0.15, 0.2) is 73.1 Å². The third kappa shape index (κ3) is 10.2. The number of fused-ring (bicyclic) bond motifs is 2. The number of aryl methyl sites for hydroxylation is 4. The maximum Gasteiger partial charge on any atom is 0.276 e. The third-order valence-corrected chi connectivity index (χ3v) is 9.91. The Kier molecular flexibility index (Phi) is 14.5. The fourth-order valence-corrected chi connectivity index (χ4v) is 7.05. The first-order valence-electron chi connectivity index (χ1n) is 20.9. The van der Waals surface area contributed by atoms with Gasteiger partial charge in [0.25, 0.3) is 11.8 Å². The van der Waals surface area contributed by atoms with Gasteiger partial charge in [0.05, 0.1) is 48.0 Å². The highest BCUT2D eigenvalue weighted by atomic mass is 16.5. The lowest BCUT2D eigenvalue weighted by molar-refractivity contribution is 0.0991. The molecule has 0 saturated carbocycles. The van der Waals surface area contributed by atoms with E-state index in [2.05, 4.69) is 30.9 Å². The summed E-state index contributed by atoms with van der Waals surface area (Å²) in [4.78, 5) is 61.7. The third-order valence-electron chi connectivity index (χ3n) is 9.91. The first-order valence-corrected chi connectivity index (χ1v) is 20.9. The summed E-state index contributed by atoms with van der Waals surface area (Å²) in [6, 6.07) is 9.46. The predicted molar refractivity (Wildman–Crippen MR) is 246 cm³/mol. The molecule has 4 amide bonds. The minimum Gasteiger partial charge on any atom is -0.494 e. The largest absolute Gasteiger partial charge is 0.494 e. The minimum absolute atomic E-state index is 0.103. The van der Waals surface area contributed by atoms with Crippen LogP contribution in [0.2, 0.25) is 0 Å². The smallest absolute Gasteiger partial charge is 0.276 e. The number of imidazole rings is 2. The number of nitrogen functional groups attached to an aromatic ring is 1. The molecule has 7 rings (SSSR count). The number of hydrogen-bond acceptors (Lipinski definition) is 12. The van der Waals surface area contributed by atoms with Crippen molar-refractivity contribution in [2.75, 3.05) is 30.1 Å². The fraction of sp³-hybridized carbons (Fsp3) is 0.295. The Hall–Kier alpha value is -8.23. The maximum atomic E-state index is 13.8. The van der Waals surface area contributed by atoms with Crippen LogP contribution in [-0.4, -0.2) is 85.8 Å². The molecular formula is C44H53N15O6. The van der Waals surface area contributed by atoms with Gasteiger partial charge in [-0.3, -0.25) is 43.9 Å². The standard InChI is InChI=1S/C42H47N15O6.C2H6/c1-6-56-31(16-24(3)51-56)39(60)49-41-47-29-18-26(37(44)58)20-33(62-5)35(29)54(41)13-8-9-14-55-36-30(48-42(55)50-40(61)32-17-25(4)52-57(32)7-2)19-27(38(45)59)21-34(36)63-15-11-10-12-53-23-28(43)22-46-53;1-2/h8-11,16-23H,6-7,12-15,43H2,1-5H3,(H2,44,58)(H2,45,59)(H,47,49,60)(H,48,50,61);1-2H3/b9-8+,11-10+;. The van der Waals surface area contributed by atoms with Crippen molar-refractivity contribution in [2.45, 2.75) is 74.3 Å². The molecule has 5 heterocycles. The summed E-state index contributed by atoms with van der Waals surface area (Å²) in [5.74, 6) is -1.35. The second-order valence-electron chi connectivity index (χ2n) is 14.3. The van der Waals surface area contributed by atoms with Crippen LogP contribution >= 0.6 is 0 Å². The summed E-state index contributed by atoms with van der Waals surface area (Å²) in [6.45, 7) is 13.1. The number of methoxy groups -OCH3 is 1. The van der Waals surface area contributed by atoms with Crippen molar-refractivity contribution in [3.05, 3.63) is 107 Å². The highest BCUT2D eigenvalue weighted by Crippen LogP contribution is 2.33. The summed E-state index contributed by atoms with van der Waals surface area (Å²) in [7, 11) is 1.46. The van der Waals surface area contributed by atoms with Gasteiger partial charge in [0.1, 0.15) is 40.5 Å². The van der Waals surface area contributed by atoms with Gasteiger partial charge < -0.3 is 35.8 Å². The maximum absolute atomic E-state index is 13.8. The Morgan fingerprint density at radius 2 is 1.17 bits per heavy atom. The van der Waals surface area contributed by atoms with E-state index in [4.69, 9.17) is 31.7 Å². The van der Waals surface area contributed by atoms with E-state index in [9.17, 15) is 19.2 Å². The second-order valence-corrected chi connectivity index (χ2v) is 14.3. The van der Waals surface area contributed by atoms with Crippen molar-refractivity contribution < 1.29 is 28.7 Å². The first kappa shape index (κ1) is 46.3. The molecular weight excluding hydrogens is 835 g/mol. The number of amides is 4. The molecule has 65 heavy (non-hydrogen) atoms. The van der Waals surface area contributed by atoms with Gasteiger partial charge >= 0.3 is 0 Å². The molecule has 0 unspecified atom stereocenters. The molecule has 0 bridgehead atoms. The van der Waals surface area contributed by atoms with E-state index in [0.717, 1.165) is 0 Å². The molecule has 0 aliphatic heterocycles. The Bertz CT molecular complexity index is 2950. The molecule has 0 spiro atoms. The second kappa shape index (κ2) is 20.3. The van der Waals surface area contributed by atoms with E-state index >= 15 is 0 Å². The van der Waals surface area contributed by atoms with Gasteiger partial charge in [0.15, 0.2) is 0 Å². The number of nitrogens with one attached hydrogen (secondary N) is 2. The van der Waals surface area contributed by atoms with Gasteiger partial charge in [-0.1, -0.05) is 32.1 Å². The summed E-state index contributed by atoms with van der Waals surface area (Å²) >= 11 is 0. The molecule has 0 fully saturated rings. The quantitative estimate of drug-likeness (QED) is 0.0724. The van der Waals surface area contributed by atoms with E-state index in [1.54, 1.807) is 67.6 Å². The number of anilines is 3. The Morgan fingerprint density at radius 3 is 1.62 bits per heavy atom. The van der Waals surface area contributed by atoms with Crippen molar-refractivity contribution >= 4 is 63.3 Å². The minimum atomic E-state index is -0.695. The Morgan fingerprint density at radius 1 is 0.692 bits per heavy atom. The molecule has 2 aromatic carbocycles. The number of primary amides is 2. The lowest BCUT2D eigenvalue weighted by Gasteiger charge is -2.13. The molecule has 340 valence electrons. The van der Waals surface area contributed by atoms with Crippen LogP contribution in [0.1, 0.15) is 80.8 Å². The zero-order valence-electron chi connectivity index (χ0n) is 37.3. The molecule has 21 nitrogen and oxygen atoms in total. The number of hydrogen-bond donors (Lipinski definition) is 5. The van der Waals surface area contributed by atoms with Gasteiger partial charge in [-0.15, -0.1) is 0 Å². The van der Waals surface area contributed by atoms with Crippen LogP contribution < -0.4 is 37.3 Å². The van der Waals surface area contributed by atoms with Gasteiger partial charge in [-0.2, -0.15) is 15.3 Å². The van der Waals surface area contributed by atoms with Crippen molar-refractivity contribution in [1.82, 2.24) is 48.4 Å². The number of nitrogens with two attached hydrogens (primary N) is 3. The van der Waals surface area contributed by atoms with Crippen LogP contribution in [0.25, 0.3) is 22.1 Å². The lowest BCUT2D eigenvalue weighted by atomic mass is 10.1. The van der Waals surface area contributed by atoms with E-state index in [1.165, 1.54) is 31.4 Å². The Labute approximate surface area is 373 Å². The van der Waals surface area contributed by atoms with Crippen molar-refractivity contribution in [1.29, 1.82) is 0 Å². The monoisotopic (exact) mass is 887 g/mol. The number of carbonyl (C=O) groups is 4. The number of benzene rings is 2. The average molecular weight is 888 g/mol. The normalized spacial score (nSPS) is 11.4. The van der Waals surface area contributed by atoms with Gasteiger partial charge in [0.2, 0.25) is 23.7 Å². The molecule has 21 heteroatoms. The predicted octanol–water partition coefficient (Wildman–Crippen LogP) is 4.84. The molecule has 0 atom stereocenters. The summed E-state index contributed by atoms with van der Waals surface area (Å²) < 4.78 is 20.2. The van der Waals surface area contributed by atoms with Gasteiger partial charge in [-0.25, -0.2) is 9.97 Å². The number of aromatic nitrogens is 10. The molecule has 0 saturated heterocycles. The zero-order chi connectivity index (χ0) is 46.9. The summed E-state index contributed by atoms with van der Waals surface area (Å²) in [5.41, 5.74) is 21.7. The van der Waals surface area contributed by atoms with E-state index in [-0.39, 0.29) is 48.5 Å². The van der Waals surface area contributed by atoms with Crippen molar-refractivity contribution in [3.63, 3.8) is 0 Å². The SMILES string of the molecule is CC.CCn1nc(C)cc1C(=O)Nc1nc2cc(C(N)=O)cc(OC)c2n1C/C=C/Cn1c(NC(=O)c2cc(C)nn2CC)nc2cc(C(N)=O)cc(OC/C=C/Cn3cc(N)cn3)c21. The van der Waals surface area contributed by atoms with Gasteiger partial charge in [0, 0.05) is 43.5 Å². The zero-order valence-corrected chi connectivity index (χ0v) is 37.3. The molecule has 5 aromatic heterocycles. The average Bonchev–Trinajstić information content (AvgIpc) is 4.12. The number of carbonyl (C=O) groups excluding carboxylic acids is 4. The molecule has 0 radical (unpaired) electrons. The topological polar surface area (TPSA) is 278 Å². The van der Waals surface area contributed by atoms with E-state index in [1.807, 2.05) is 45.9 Å². The van der Waals surface area contributed by atoms with Crippen LogP contribution in [0.5, 0.6) is 11.5 Å². The van der Waals surface area contributed by atoms with Crippen molar-refractivity contribution in [3.8, 4) is 11.5 Å². The van der Waals surface area contributed by atoms with Crippen molar-refractivity contribution in [2.24, 2.45) is 11.5 Å². The van der Waals surface area contributed by atoms with Crippen LogP contribution in [0, 0.1) is 13.8 Å². The number of rotatable bonds is 18. The lowest BCUT2D eigenvalue weighted by Crippen LogP contribution is -2.20. The number of nitrogens with zero attached hydrogens (tertiary/aromatic N) is 10.